The summed E-state index contributed by atoms with van der Waals surface area (Å²) in [6.07, 6.45) is 1.54. The molecule has 0 aliphatic carbocycles. The van der Waals surface area contributed by atoms with E-state index in [2.05, 4.69) is 4.90 Å². The number of thioether (sulfide) groups is 1. The highest BCUT2D eigenvalue weighted by molar-refractivity contribution is 8.18. The molecule has 0 spiro atoms. The van der Waals surface area contributed by atoms with Crippen LogP contribution in [0.1, 0.15) is 11.3 Å². The molecule has 2 saturated heterocycles. The predicted molar refractivity (Wildman–Crippen MR) is 106 cm³/mol. The number of benzene rings is 1. The lowest BCUT2D eigenvalue weighted by Crippen LogP contribution is -2.35. The third kappa shape index (κ3) is 4.17. The summed E-state index contributed by atoms with van der Waals surface area (Å²) in [6, 6.07) is 9.46. The van der Waals surface area contributed by atoms with Gasteiger partial charge in [0.25, 0.3) is 16.8 Å². The van der Waals surface area contributed by atoms with Gasteiger partial charge in [0, 0.05) is 37.4 Å². The van der Waals surface area contributed by atoms with E-state index in [1.165, 1.54) is 18.2 Å². The van der Waals surface area contributed by atoms with Crippen LogP contribution in [0, 0.1) is 10.1 Å². The number of morpholine rings is 1. The zero-order chi connectivity index (χ0) is 20.4. The molecular weight excluding hydrogens is 398 g/mol. The Bertz CT molecular complexity index is 995. The molecule has 0 saturated carbocycles. The molecule has 4 rings (SSSR count). The van der Waals surface area contributed by atoms with Crippen molar-refractivity contribution in [3.05, 3.63) is 62.7 Å². The van der Waals surface area contributed by atoms with Gasteiger partial charge >= 0.3 is 0 Å². The van der Waals surface area contributed by atoms with Crippen LogP contribution >= 0.6 is 11.8 Å². The quantitative estimate of drug-likeness (QED) is 0.416. The molecule has 2 aromatic rings. The highest BCUT2D eigenvalue weighted by Crippen LogP contribution is 2.34. The molecule has 2 aliphatic heterocycles. The van der Waals surface area contributed by atoms with Gasteiger partial charge in [0.1, 0.15) is 5.76 Å². The third-order valence-electron chi connectivity index (χ3n) is 4.54. The van der Waals surface area contributed by atoms with Crippen LogP contribution in [-0.4, -0.2) is 47.3 Å². The predicted octanol–water partition coefficient (Wildman–Crippen LogP) is 3.26. The molecule has 1 aromatic carbocycles. The number of hydrogen-bond donors (Lipinski definition) is 0. The van der Waals surface area contributed by atoms with E-state index in [1.807, 2.05) is 6.07 Å². The van der Waals surface area contributed by atoms with E-state index in [0.717, 1.165) is 29.8 Å². The van der Waals surface area contributed by atoms with Crippen LogP contribution in [0.15, 0.2) is 45.7 Å². The largest absolute Gasteiger partial charge is 0.441 e. The SMILES string of the molecule is O=C1S/C(=C\c2ccc(N3CCOCC3)o2)C(=O)N1Cc1cccc([N+](=O)[O-])c1. The average Bonchev–Trinajstić information content (AvgIpc) is 3.29. The number of nitrogens with zero attached hydrogens (tertiary/aromatic N) is 3. The number of furan rings is 1. The van der Waals surface area contributed by atoms with E-state index >= 15 is 0 Å². The summed E-state index contributed by atoms with van der Waals surface area (Å²) in [4.78, 5) is 38.7. The van der Waals surface area contributed by atoms with E-state index in [1.54, 1.807) is 18.2 Å². The van der Waals surface area contributed by atoms with Crippen molar-refractivity contribution in [3.8, 4) is 0 Å². The maximum Gasteiger partial charge on any atom is 0.293 e. The Morgan fingerprint density at radius 2 is 1.97 bits per heavy atom. The normalized spacial score (nSPS) is 18.7. The first-order chi connectivity index (χ1) is 14.0. The molecule has 0 bridgehead atoms. The van der Waals surface area contributed by atoms with Gasteiger partial charge in [-0.2, -0.15) is 0 Å². The second-order valence-corrected chi connectivity index (χ2v) is 7.46. The molecule has 2 fully saturated rings. The molecule has 3 heterocycles. The maximum absolute atomic E-state index is 12.7. The molecule has 10 heteroatoms. The summed E-state index contributed by atoms with van der Waals surface area (Å²) in [5.74, 6) is 0.721. The van der Waals surface area contributed by atoms with Gasteiger partial charge in [-0.05, 0) is 23.4 Å². The number of non-ortho nitro benzene ring substituents is 1. The zero-order valence-electron chi connectivity index (χ0n) is 15.3. The highest BCUT2D eigenvalue weighted by atomic mass is 32.2. The molecule has 29 heavy (non-hydrogen) atoms. The summed E-state index contributed by atoms with van der Waals surface area (Å²) < 4.78 is 11.1. The lowest BCUT2D eigenvalue weighted by molar-refractivity contribution is -0.384. The van der Waals surface area contributed by atoms with Gasteiger partial charge in [0.15, 0.2) is 5.88 Å². The zero-order valence-corrected chi connectivity index (χ0v) is 16.1. The molecule has 0 unspecified atom stereocenters. The van der Waals surface area contributed by atoms with Crippen LogP contribution in [-0.2, 0) is 16.1 Å². The summed E-state index contributed by atoms with van der Waals surface area (Å²) in [5.41, 5.74) is 0.423. The average molecular weight is 415 g/mol. The van der Waals surface area contributed by atoms with E-state index in [0.29, 0.717) is 30.4 Å². The minimum absolute atomic E-state index is 0.0269. The Hall–Kier alpha value is -3.11. The van der Waals surface area contributed by atoms with E-state index < -0.39 is 16.1 Å². The van der Waals surface area contributed by atoms with Crippen LogP contribution in [0.4, 0.5) is 16.4 Å². The van der Waals surface area contributed by atoms with Crippen molar-refractivity contribution in [1.82, 2.24) is 4.90 Å². The smallest absolute Gasteiger partial charge is 0.293 e. The number of nitro groups is 1. The topological polar surface area (TPSA) is 106 Å². The fraction of sp³-hybridized carbons (Fsp3) is 0.263. The molecule has 0 radical (unpaired) electrons. The Labute approximate surface area is 170 Å². The lowest BCUT2D eigenvalue weighted by Gasteiger charge is -2.26. The van der Waals surface area contributed by atoms with Crippen molar-refractivity contribution in [2.75, 3.05) is 31.2 Å². The van der Waals surface area contributed by atoms with Crippen LogP contribution in [0.5, 0.6) is 0 Å². The van der Waals surface area contributed by atoms with Crippen LogP contribution in [0.3, 0.4) is 0 Å². The molecule has 2 amide bonds. The molecule has 2 aliphatic rings. The van der Waals surface area contributed by atoms with Gasteiger partial charge in [0.05, 0.1) is 29.6 Å². The molecule has 9 nitrogen and oxygen atoms in total. The number of carbonyl (C=O) groups excluding carboxylic acids is 2. The van der Waals surface area contributed by atoms with Crippen molar-refractivity contribution >= 4 is 40.6 Å². The van der Waals surface area contributed by atoms with Gasteiger partial charge in [-0.25, -0.2) is 0 Å². The molecule has 0 atom stereocenters. The number of anilines is 1. The van der Waals surface area contributed by atoms with Crippen molar-refractivity contribution in [1.29, 1.82) is 0 Å². The van der Waals surface area contributed by atoms with E-state index in [9.17, 15) is 19.7 Å². The first-order valence-electron chi connectivity index (χ1n) is 8.92. The van der Waals surface area contributed by atoms with Crippen LogP contribution < -0.4 is 4.90 Å². The minimum Gasteiger partial charge on any atom is -0.441 e. The van der Waals surface area contributed by atoms with E-state index in [4.69, 9.17) is 9.15 Å². The third-order valence-corrected chi connectivity index (χ3v) is 5.45. The molecular formula is C19H17N3O6S. The van der Waals surface area contributed by atoms with Gasteiger partial charge in [-0.3, -0.25) is 24.6 Å². The van der Waals surface area contributed by atoms with Gasteiger partial charge in [-0.1, -0.05) is 12.1 Å². The first-order valence-corrected chi connectivity index (χ1v) is 9.74. The second-order valence-electron chi connectivity index (χ2n) is 6.47. The molecule has 0 N–H and O–H groups in total. The number of amides is 2. The molecule has 1 aromatic heterocycles. The van der Waals surface area contributed by atoms with Gasteiger partial charge in [0.2, 0.25) is 0 Å². The standard InChI is InChI=1S/C19H17N3O6S/c23-18-16(11-15-4-5-17(28-15)20-6-8-27-9-7-20)29-19(24)21(18)12-13-2-1-3-14(10-13)22(25)26/h1-5,10-11H,6-9,12H2/b16-11-. The summed E-state index contributed by atoms with van der Waals surface area (Å²) in [5, 5.41) is 10.5. The van der Waals surface area contributed by atoms with Crippen LogP contribution in [0.25, 0.3) is 6.08 Å². The fourth-order valence-electron chi connectivity index (χ4n) is 3.09. The number of hydrogen-bond acceptors (Lipinski definition) is 8. The number of rotatable bonds is 5. The van der Waals surface area contributed by atoms with Crippen molar-refractivity contribution < 1.29 is 23.7 Å². The Morgan fingerprint density at radius 1 is 1.17 bits per heavy atom. The maximum atomic E-state index is 12.7. The van der Waals surface area contributed by atoms with Gasteiger partial charge < -0.3 is 14.1 Å². The Balaban J connectivity index is 1.48. The van der Waals surface area contributed by atoms with E-state index in [-0.39, 0.29) is 17.1 Å². The number of imide groups is 1. The Kier molecular flexibility index (Phi) is 5.36. The highest BCUT2D eigenvalue weighted by Gasteiger charge is 2.35. The van der Waals surface area contributed by atoms with Crippen molar-refractivity contribution in [3.63, 3.8) is 0 Å². The van der Waals surface area contributed by atoms with Crippen LogP contribution in [0.2, 0.25) is 0 Å². The number of nitro benzene ring substituents is 1. The van der Waals surface area contributed by atoms with Crippen molar-refractivity contribution in [2.24, 2.45) is 0 Å². The monoisotopic (exact) mass is 415 g/mol. The second kappa shape index (κ2) is 8.10. The van der Waals surface area contributed by atoms with Crippen molar-refractivity contribution in [2.45, 2.75) is 6.54 Å². The minimum atomic E-state index is -0.514. The number of ether oxygens (including phenoxy) is 1. The first kappa shape index (κ1) is 19.2. The number of carbonyl (C=O) groups is 2. The summed E-state index contributed by atoms with van der Waals surface area (Å²) in [7, 11) is 0. The lowest BCUT2D eigenvalue weighted by atomic mass is 10.2. The summed E-state index contributed by atoms with van der Waals surface area (Å²) >= 11 is 0.822. The van der Waals surface area contributed by atoms with Gasteiger partial charge in [-0.15, -0.1) is 0 Å². The fourth-order valence-corrected chi connectivity index (χ4v) is 3.91. The Morgan fingerprint density at radius 3 is 2.72 bits per heavy atom. The summed E-state index contributed by atoms with van der Waals surface area (Å²) in [6.45, 7) is 2.69. The molecule has 150 valence electrons.